The van der Waals surface area contributed by atoms with Gasteiger partial charge in [-0.15, -0.1) is 11.8 Å². The fourth-order valence-corrected chi connectivity index (χ4v) is 5.28. The molecule has 0 saturated carbocycles. The lowest BCUT2D eigenvalue weighted by Crippen LogP contribution is -2.67. The van der Waals surface area contributed by atoms with Gasteiger partial charge in [0.2, 0.25) is 11.8 Å². The first-order valence-corrected chi connectivity index (χ1v) is 9.93. The largest absolute Gasteiger partial charge is 0.459 e. The summed E-state index contributed by atoms with van der Waals surface area (Å²) in [6.45, 7) is 3.53. The van der Waals surface area contributed by atoms with Gasteiger partial charge in [-0.05, 0) is 19.4 Å². The lowest BCUT2D eigenvalue weighted by Gasteiger charge is -2.45. The Kier molecular flexibility index (Phi) is 5.97. The van der Waals surface area contributed by atoms with Crippen molar-refractivity contribution in [2.45, 2.75) is 42.7 Å². The molecule has 0 aliphatic carbocycles. The second-order valence-electron chi connectivity index (χ2n) is 7.34. The van der Waals surface area contributed by atoms with Crippen LogP contribution in [0.2, 0.25) is 0 Å². The van der Waals surface area contributed by atoms with E-state index in [1.807, 2.05) is 44.2 Å². The molecule has 2 saturated heterocycles. The molecule has 2 heterocycles. The molecule has 0 bridgehead atoms. The number of nitrogens with zero attached hydrogens (tertiary/aromatic N) is 1. The van der Waals surface area contributed by atoms with Gasteiger partial charge in [0.15, 0.2) is 0 Å². The number of aliphatic hydroxyl groups excluding tert-OH is 2. The maximum atomic E-state index is 12.7. The minimum absolute atomic E-state index is 0.00173. The minimum Gasteiger partial charge on any atom is -0.459 e. The zero-order valence-electron chi connectivity index (χ0n) is 15.7. The van der Waals surface area contributed by atoms with Crippen molar-refractivity contribution in [1.82, 2.24) is 10.2 Å². The van der Waals surface area contributed by atoms with Gasteiger partial charge >= 0.3 is 5.97 Å². The maximum Gasteiger partial charge on any atom is 0.330 e. The Morgan fingerprint density at radius 2 is 2.00 bits per heavy atom. The predicted molar refractivity (Wildman–Crippen MR) is 102 cm³/mol. The number of amides is 2. The molecule has 9 heteroatoms. The molecule has 2 fully saturated rings. The van der Waals surface area contributed by atoms with Crippen molar-refractivity contribution in [3.05, 3.63) is 35.9 Å². The van der Waals surface area contributed by atoms with Gasteiger partial charge < -0.3 is 25.2 Å². The zero-order valence-corrected chi connectivity index (χ0v) is 16.5. The average molecular weight is 408 g/mol. The number of ether oxygens (including phenoxy) is 1. The molecule has 2 aliphatic heterocycles. The molecule has 0 aromatic heterocycles. The van der Waals surface area contributed by atoms with Crippen LogP contribution >= 0.6 is 11.8 Å². The summed E-state index contributed by atoms with van der Waals surface area (Å²) >= 11 is 1.37. The maximum absolute atomic E-state index is 12.7. The number of carbonyl (C=O) groups is 3. The number of hydrogen-bond donors (Lipinski definition) is 3. The third kappa shape index (κ3) is 3.74. The number of benzene rings is 1. The van der Waals surface area contributed by atoms with Gasteiger partial charge in [-0.25, -0.2) is 4.79 Å². The Hall–Kier alpha value is -2.10. The van der Waals surface area contributed by atoms with Crippen LogP contribution in [0, 0.1) is 5.92 Å². The summed E-state index contributed by atoms with van der Waals surface area (Å²) in [6.07, 6.45) is -1.53. The van der Waals surface area contributed by atoms with Crippen LogP contribution in [-0.4, -0.2) is 68.3 Å². The highest BCUT2D eigenvalue weighted by molar-refractivity contribution is 8.01. The monoisotopic (exact) mass is 408 g/mol. The molecule has 152 valence electrons. The highest BCUT2D eigenvalue weighted by atomic mass is 32.2. The van der Waals surface area contributed by atoms with Crippen molar-refractivity contribution in [2.75, 3.05) is 13.2 Å². The van der Waals surface area contributed by atoms with E-state index in [9.17, 15) is 19.5 Å². The molecule has 3 rings (SSSR count). The Morgan fingerprint density at radius 1 is 1.32 bits per heavy atom. The van der Waals surface area contributed by atoms with E-state index in [1.165, 1.54) is 16.7 Å². The number of rotatable bonds is 7. The number of esters is 1. The van der Waals surface area contributed by atoms with E-state index in [0.29, 0.717) is 0 Å². The molecule has 3 N–H and O–H groups in total. The van der Waals surface area contributed by atoms with Crippen molar-refractivity contribution >= 4 is 29.5 Å². The van der Waals surface area contributed by atoms with Crippen LogP contribution in [0.1, 0.15) is 19.4 Å². The fraction of sp³-hybridized carbons (Fsp3) is 0.526. The van der Waals surface area contributed by atoms with E-state index in [1.54, 1.807) is 0 Å². The van der Waals surface area contributed by atoms with Crippen LogP contribution in [0.25, 0.3) is 0 Å². The quantitative estimate of drug-likeness (QED) is 0.425. The van der Waals surface area contributed by atoms with E-state index < -0.39 is 46.0 Å². The van der Waals surface area contributed by atoms with Gasteiger partial charge in [0.05, 0.1) is 12.0 Å². The number of β-lactam (4-membered cyclic amide) rings is 1. The molecule has 1 aromatic rings. The van der Waals surface area contributed by atoms with Crippen LogP contribution < -0.4 is 5.32 Å². The number of carbonyl (C=O) groups excluding carboxylic acids is 3. The first-order valence-electron chi connectivity index (χ1n) is 9.05. The lowest BCUT2D eigenvalue weighted by atomic mass is 9.87. The number of aliphatic hydroxyl groups is 2. The van der Waals surface area contributed by atoms with Crippen LogP contribution in [0.3, 0.4) is 0 Å². The summed E-state index contributed by atoms with van der Waals surface area (Å²) in [7, 11) is 0. The normalized spacial score (nSPS) is 26.2. The van der Waals surface area contributed by atoms with Crippen molar-refractivity contribution in [1.29, 1.82) is 0 Å². The van der Waals surface area contributed by atoms with Crippen molar-refractivity contribution < 1.29 is 29.3 Å². The van der Waals surface area contributed by atoms with Gasteiger partial charge in [-0.2, -0.15) is 0 Å². The SMILES string of the molecule is CC1(C)S[C@@H]2[C@H]([C@H](O)C(=O)NCCO)C(=O)N2[C@H]1C(=O)OCc1ccccc1. The summed E-state index contributed by atoms with van der Waals surface area (Å²) in [5.74, 6) is -2.58. The van der Waals surface area contributed by atoms with E-state index in [4.69, 9.17) is 9.84 Å². The van der Waals surface area contributed by atoms with Crippen LogP contribution in [-0.2, 0) is 25.7 Å². The Labute approximate surface area is 167 Å². The molecule has 28 heavy (non-hydrogen) atoms. The molecule has 0 spiro atoms. The zero-order chi connectivity index (χ0) is 20.5. The lowest BCUT2D eigenvalue weighted by molar-refractivity contribution is -0.173. The molecule has 0 radical (unpaired) electrons. The number of thioether (sulfide) groups is 1. The van der Waals surface area contributed by atoms with Crippen molar-refractivity contribution in [3.8, 4) is 0 Å². The van der Waals surface area contributed by atoms with E-state index in [2.05, 4.69) is 5.32 Å². The first kappa shape index (κ1) is 20.6. The highest BCUT2D eigenvalue weighted by Gasteiger charge is 2.66. The Bertz CT molecular complexity index is 756. The fourth-order valence-electron chi connectivity index (χ4n) is 3.57. The van der Waals surface area contributed by atoms with Gasteiger partial charge in [0, 0.05) is 11.3 Å². The molecule has 2 aliphatic rings. The average Bonchev–Trinajstić information content (AvgIpc) is 2.92. The third-order valence-corrected chi connectivity index (χ3v) is 6.54. The van der Waals surface area contributed by atoms with Crippen molar-refractivity contribution in [3.63, 3.8) is 0 Å². The van der Waals surface area contributed by atoms with E-state index >= 15 is 0 Å². The van der Waals surface area contributed by atoms with Crippen LogP contribution in [0.4, 0.5) is 0 Å². The molecule has 4 atom stereocenters. The van der Waals surface area contributed by atoms with Crippen molar-refractivity contribution in [2.24, 2.45) is 5.92 Å². The summed E-state index contributed by atoms with van der Waals surface area (Å²) < 4.78 is 4.81. The summed E-state index contributed by atoms with van der Waals surface area (Å²) in [5, 5.41) is 20.9. The number of nitrogens with one attached hydrogen (secondary N) is 1. The summed E-state index contributed by atoms with van der Waals surface area (Å²) in [5.41, 5.74) is 0.847. The molecular weight excluding hydrogens is 384 g/mol. The second kappa shape index (κ2) is 8.10. The molecule has 8 nitrogen and oxygen atoms in total. The standard InChI is InChI=1S/C19H24N2O6S/c1-19(2)14(18(26)27-10-11-6-4-3-5-7-11)21-16(25)12(17(21)28-19)13(23)15(24)20-8-9-22/h3-7,12-14,17,22-23H,8-10H2,1-2H3,(H,20,24)/t12-,13+,14+,17-/m1/s1. The topological polar surface area (TPSA) is 116 Å². The number of hydrogen-bond acceptors (Lipinski definition) is 7. The molecule has 0 unspecified atom stereocenters. The second-order valence-corrected chi connectivity index (χ2v) is 9.11. The van der Waals surface area contributed by atoms with Crippen LogP contribution in [0.15, 0.2) is 30.3 Å². The predicted octanol–water partition coefficient (Wildman–Crippen LogP) is -0.122. The molecule has 2 amide bonds. The van der Waals surface area contributed by atoms with Gasteiger partial charge in [0.1, 0.15) is 24.7 Å². The highest BCUT2D eigenvalue weighted by Crippen LogP contribution is 2.54. The third-order valence-electron chi connectivity index (χ3n) is 4.95. The van der Waals surface area contributed by atoms with E-state index in [0.717, 1.165) is 5.56 Å². The van der Waals surface area contributed by atoms with Gasteiger partial charge in [0.25, 0.3) is 0 Å². The van der Waals surface area contributed by atoms with Crippen LogP contribution in [0.5, 0.6) is 0 Å². The minimum atomic E-state index is -1.53. The Balaban J connectivity index is 1.67. The van der Waals surface area contributed by atoms with E-state index in [-0.39, 0.29) is 19.8 Å². The van der Waals surface area contributed by atoms with Gasteiger partial charge in [-0.1, -0.05) is 30.3 Å². The van der Waals surface area contributed by atoms with Gasteiger partial charge in [-0.3, -0.25) is 9.59 Å². The Morgan fingerprint density at radius 3 is 2.64 bits per heavy atom. The first-order chi connectivity index (χ1) is 13.3. The number of fused-ring (bicyclic) bond motifs is 1. The molecular formula is C19H24N2O6S. The summed E-state index contributed by atoms with van der Waals surface area (Å²) in [4.78, 5) is 38.7. The molecule has 1 aromatic carbocycles. The summed E-state index contributed by atoms with van der Waals surface area (Å²) in [6, 6.07) is 8.46. The smallest absolute Gasteiger partial charge is 0.330 e.